The average Bonchev–Trinajstić information content (AvgIpc) is 3.33. The van der Waals surface area contributed by atoms with Crippen LogP contribution in [-0.2, 0) is 22.7 Å². The number of para-hydroxylation sites is 1. The van der Waals surface area contributed by atoms with Crippen molar-refractivity contribution >= 4 is 17.6 Å². The predicted molar refractivity (Wildman–Crippen MR) is 133 cm³/mol. The molecule has 2 N–H and O–H groups in total. The van der Waals surface area contributed by atoms with Crippen LogP contribution in [0.1, 0.15) is 49.7 Å². The van der Waals surface area contributed by atoms with Crippen molar-refractivity contribution < 1.29 is 14.3 Å². The first kappa shape index (κ1) is 23.2. The van der Waals surface area contributed by atoms with Crippen LogP contribution < -0.4 is 15.5 Å². The molecule has 184 valence electrons. The van der Waals surface area contributed by atoms with Crippen molar-refractivity contribution in [3.05, 3.63) is 65.7 Å². The van der Waals surface area contributed by atoms with E-state index in [4.69, 9.17) is 4.74 Å². The Balaban J connectivity index is 1.25. The number of fused-ring (bicyclic) bond motifs is 3. The maximum atomic E-state index is 13.5. The van der Waals surface area contributed by atoms with Gasteiger partial charge in [0.15, 0.2) is 6.29 Å². The summed E-state index contributed by atoms with van der Waals surface area (Å²) in [5.74, 6) is 1.78. The lowest BCUT2D eigenvalue weighted by molar-refractivity contribution is -0.156. The number of hydrogen-bond donors (Lipinski definition) is 2. The van der Waals surface area contributed by atoms with Gasteiger partial charge < -0.3 is 15.0 Å². The third kappa shape index (κ3) is 4.83. The fourth-order valence-corrected chi connectivity index (χ4v) is 5.54. The minimum atomic E-state index is -0.298. The Morgan fingerprint density at radius 2 is 1.89 bits per heavy atom. The lowest BCUT2D eigenvalue weighted by atomic mass is 9.80. The third-order valence-corrected chi connectivity index (χ3v) is 7.29. The zero-order valence-corrected chi connectivity index (χ0v) is 20.2. The Kier molecular flexibility index (Phi) is 6.88. The van der Waals surface area contributed by atoms with Gasteiger partial charge in [-0.15, -0.1) is 0 Å². The summed E-state index contributed by atoms with van der Waals surface area (Å²) in [6, 6.07) is 17.9. The van der Waals surface area contributed by atoms with E-state index in [0.717, 1.165) is 48.4 Å². The van der Waals surface area contributed by atoms with Crippen molar-refractivity contribution in [3.8, 4) is 5.75 Å². The van der Waals surface area contributed by atoms with Crippen LogP contribution in [0, 0.1) is 5.92 Å². The fraction of sp³-hybridized carbons (Fsp3) is 0.444. The van der Waals surface area contributed by atoms with Gasteiger partial charge in [0.1, 0.15) is 11.6 Å². The summed E-state index contributed by atoms with van der Waals surface area (Å²) in [4.78, 5) is 30.3. The smallest absolute Gasteiger partial charge is 0.231 e. The second-order valence-corrected chi connectivity index (χ2v) is 9.44. The van der Waals surface area contributed by atoms with E-state index in [-0.39, 0.29) is 30.1 Å². The van der Waals surface area contributed by atoms with Gasteiger partial charge in [-0.3, -0.25) is 19.9 Å². The number of nitrogens with zero attached hydrogens (tertiary/aromatic N) is 3. The van der Waals surface area contributed by atoms with Gasteiger partial charge in [-0.25, -0.2) is 0 Å². The van der Waals surface area contributed by atoms with Gasteiger partial charge in [0.25, 0.3) is 0 Å². The molecule has 2 aromatic carbocycles. The number of ether oxygens (including phenoxy) is 1. The summed E-state index contributed by atoms with van der Waals surface area (Å²) in [6.07, 6.45) is 4.64. The molecule has 0 aromatic heterocycles. The van der Waals surface area contributed by atoms with Gasteiger partial charge in [0.2, 0.25) is 11.8 Å². The Hall–Kier alpha value is -3.55. The van der Waals surface area contributed by atoms with Gasteiger partial charge in [0.05, 0.1) is 13.0 Å². The van der Waals surface area contributed by atoms with Gasteiger partial charge in [-0.05, 0) is 24.5 Å². The van der Waals surface area contributed by atoms with Crippen molar-refractivity contribution in [3.63, 3.8) is 0 Å². The number of benzene rings is 2. The minimum absolute atomic E-state index is 0.0202. The Morgan fingerprint density at radius 1 is 1.11 bits per heavy atom. The first-order valence-corrected chi connectivity index (χ1v) is 12.5. The van der Waals surface area contributed by atoms with Gasteiger partial charge in [-0.2, -0.15) is 5.10 Å². The van der Waals surface area contributed by atoms with Crippen LogP contribution in [-0.4, -0.2) is 46.9 Å². The molecule has 2 heterocycles. The molecule has 0 radical (unpaired) electrons. The molecule has 0 spiro atoms. The van der Waals surface area contributed by atoms with E-state index in [1.165, 1.54) is 0 Å². The first-order valence-electron chi connectivity index (χ1n) is 12.5. The highest BCUT2D eigenvalue weighted by molar-refractivity contribution is 5.91. The summed E-state index contributed by atoms with van der Waals surface area (Å²) < 4.78 is 5.37. The number of methoxy groups -OCH3 is 1. The first-order chi connectivity index (χ1) is 17.2. The van der Waals surface area contributed by atoms with Crippen molar-refractivity contribution in [1.82, 2.24) is 20.5 Å². The minimum Gasteiger partial charge on any atom is -0.496 e. The quantitative estimate of drug-likeness (QED) is 0.613. The van der Waals surface area contributed by atoms with Crippen LogP contribution >= 0.6 is 0 Å². The normalized spacial score (nSPS) is 23.2. The van der Waals surface area contributed by atoms with Crippen molar-refractivity contribution in [1.29, 1.82) is 0 Å². The number of carbonyl (C=O) groups excluding carboxylic acids is 2. The van der Waals surface area contributed by atoms with E-state index in [2.05, 4.69) is 20.7 Å². The Morgan fingerprint density at radius 3 is 2.71 bits per heavy atom. The molecule has 8 nitrogen and oxygen atoms in total. The molecule has 2 amide bonds. The molecule has 8 heteroatoms. The molecule has 3 unspecified atom stereocenters. The van der Waals surface area contributed by atoms with E-state index in [1.54, 1.807) is 7.11 Å². The Bertz CT molecular complexity index is 1090. The molecular formula is C27H33N5O3. The molecule has 1 aliphatic carbocycles. The topological polar surface area (TPSA) is 86.3 Å². The number of carbonyl (C=O) groups is 2. The predicted octanol–water partition coefficient (Wildman–Crippen LogP) is 3.20. The zero-order valence-electron chi connectivity index (χ0n) is 20.2. The number of rotatable bonds is 8. The molecule has 1 saturated heterocycles. The lowest BCUT2D eigenvalue weighted by Gasteiger charge is -2.50. The maximum Gasteiger partial charge on any atom is 0.231 e. The van der Waals surface area contributed by atoms with E-state index in [9.17, 15) is 9.59 Å². The summed E-state index contributed by atoms with van der Waals surface area (Å²) in [5.41, 5.74) is 5.25. The molecule has 3 atom stereocenters. The monoisotopic (exact) mass is 475 g/mol. The average molecular weight is 476 g/mol. The van der Waals surface area contributed by atoms with Crippen molar-refractivity contribution in [2.45, 2.75) is 63.9 Å². The van der Waals surface area contributed by atoms with Crippen molar-refractivity contribution in [2.24, 2.45) is 11.0 Å². The van der Waals surface area contributed by atoms with Crippen LogP contribution in [0.15, 0.2) is 59.7 Å². The third-order valence-electron chi connectivity index (χ3n) is 7.29. The highest BCUT2D eigenvalue weighted by Gasteiger charge is 2.50. The maximum absolute atomic E-state index is 13.5. The summed E-state index contributed by atoms with van der Waals surface area (Å²) >= 11 is 0. The van der Waals surface area contributed by atoms with Crippen LogP contribution in [0.5, 0.6) is 5.75 Å². The molecule has 35 heavy (non-hydrogen) atoms. The van der Waals surface area contributed by atoms with Crippen molar-refractivity contribution in [2.75, 3.05) is 7.11 Å². The molecular weight excluding hydrogens is 442 g/mol. The van der Waals surface area contributed by atoms with E-state index in [0.29, 0.717) is 25.9 Å². The standard InChI is InChI=1S/C27H33N5O3/c1-35-23-14-8-5-11-20(23)17-28-25(33)16-15-24-29-30-27-31(18-19-9-3-2-4-10-19)26(34)21-12-6-7-13-22(21)32(24)27/h2-5,8-11,14,21-22,27,30H,6-7,12-13,15-18H2,1H3,(H,28,33). The van der Waals surface area contributed by atoms with E-state index in [1.807, 2.05) is 59.5 Å². The molecule has 3 aliphatic rings. The van der Waals surface area contributed by atoms with Crippen LogP contribution in [0.2, 0.25) is 0 Å². The molecule has 2 fully saturated rings. The van der Waals surface area contributed by atoms with Crippen LogP contribution in [0.3, 0.4) is 0 Å². The number of nitrogens with one attached hydrogen (secondary N) is 2. The zero-order chi connectivity index (χ0) is 24.2. The largest absolute Gasteiger partial charge is 0.496 e. The van der Waals surface area contributed by atoms with Crippen LogP contribution in [0.4, 0.5) is 0 Å². The Labute approximate surface area is 206 Å². The molecule has 0 bridgehead atoms. The van der Waals surface area contributed by atoms with E-state index >= 15 is 0 Å². The molecule has 5 rings (SSSR count). The fourth-order valence-electron chi connectivity index (χ4n) is 5.54. The van der Waals surface area contributed by atoms with Gasteiger partial charge in [-0.1, -0.05) is 61.4 Å². The van der Waals surface area contributed by atoms with Gasteiger partial charge in [0, 0.05) is 37.5 Å². The highest BCUT2D eigenvalue weighted by atomic mass is 16.5. The second-order valence-electron chi connectivity index (χ2n) is 9.44. The van der Waals surface area contributed by atoms with Gasteiger partial charge >= 0.3 is 0 Å². The summed E-state index contributed by atoms with van der Waals surface area (Å²) in [5, 5.41) is 7.61. The van der Waals surface area contributed by atoms with Crippen LogP contribution in [0.25, 0.3) is 0 Å². The van der Waals surface area contributed by atoms with E-state index < -0.39 is 0 Å². The number of hydrazone groups is 1. The molecule has 2 aliphatic heterocycles. The second kappa shape index (κ2) is 10.4. The SMILES string of the molecule is COc1ccccc1CNC(=O)CCC1=NNC2N(Cc3ccccc3)C(=O)C3CCCCC3N12. The number of amides is 2. The lowest BCUT2D eigenvalue weighted by Crippen LogP contribution is -2.67. The number of hydrogen-bond acceptors (Lipinski definition) is 6. The molecule has 1 saturated carbocycles. The highest BCUT2D eigenvalue weighted by Crippen LogP contribution is 2.38. The summed E-state index contributed by atoms with van der Waals surface area (Å²) in [6.45, 7) is 0.962. The molecule has 2 aromatic rings. The number of amidine groups is 1. The summed E-state index contributed by atoms with van der Waals surface area (Å²) in [7, 11) is 1.63.